The van der Waals surface area contributed by atoms with E-state index in [0.29, 0.717) is 10.9 Å². The lowest BCUT2D eigenvalue weighted by Gasteiger charge is -2.40. The number of hydrogen-bond donors (Lipinski definition) is 1. The molecule has 2 saturated carbocycles. The lowest BCUT2D eigenvalue weighted by molar-refractivity contribution is 0.122. The van der Waals surface area contributed by atoms with Crippen LogP contribution < -0.4 is 5.73 Å². The second kappa shape index (κ2) is 5.18. The molecule has 4 atom stereocenters. The molecule has 0 amide bonds. The van der Waals surface area contributed by atoms with Crippen LogP contribution in [0, 0.1) is 17.8 Å². The van der Waals surface area contributed by atoms with Gasteiger partial charge in [0.15, 0.2) is 0 Å². The first-order valence-corrected chi connectivity index (χ1v) is 7.48. The molecule has 88 valence electrons. The number of hydrogen-bond acceptors (Lipinski definition) is 1. The van der Waals surface area contributed by atoms with Gasteiger partial charge in [0.2, 0.25) is 0 Å². The summed E-state index contributed by atoms with van der Waals surface area (Å²) in [5.74, 6) is 2.85. The molecule has 0 saturated heterocycles. The fraction of sp³-hybridized carbons (Fsp3) is 1.00. The molecule has 0 bridgehead atoms. The van der Waals surface area contributed by atoms with Gasteiger partial charge in [0.1, 0.15) is 0 Å². The Morgan fingerprint density at radius 3 is 2.40 bits per heavy atom. The first kappa shape index (κ1) is 11.9. The molecule has 0 spiro atoms. The molecule has 2 N–H and O–H groups in total. The van der Waals surface area contributed by atoms with Gasteiger partial charge in [-0.3, -0.25) is 0 Å². The van der Waals surface area contributed by atoms with Crippen LogP contribution in [-0.4, -0.2) is 10.9 Å². The molecular formula is C13H24BrN. The Bertz CT molecular complexity index is 203. The fourth-order valence-electron chi connectivity index (χ4n) is 3.42. The Morgan fingerprint density at radius 2 is 1.80 bits per heavy atom. The van der Waals surface area contributed by atoms with Crippen LogP contribution in [0.3, 0.4) is 0 Å². The topological polar surface area (TPSA) is 26.0 Å². The molecular weight excluding hydrogens is 250 g/mol. The molecule has 0 radical (unpaired) electrons. The van der Waals surface area contributed by atoms with E-state index in [1.165, 1.54) is 44.9 Å². The predicted octanol–water partition coefficient (Wildman–Crippen LogP) is 3.70. The van der Waals surface area contributed by atoms with Gasteiger partial charge < -0.3 is 5.73 Å². The van der Waals surface area contributed by atoms with Gasteiger partial charge in [0, 0.05) is 10.9 Å². The number of alkyl halides is 1. The van der Waals surface area contributed by atoms with Crippen molar-refractivity contribution in [3.8, 4) is 0 Å². The normalized spacial score (nSPS) is 44.2. The number of halogens is 1. The summed E-state index contributed by atoms with van der Waals surface area (Å²) in [6.45, 7) is 2.43. The highest BCUT2D eigenvalue weighted by Crippen LogP contribution is 2.42. The van der Waals surface area contributed by atoms with Crippen molar-refractivity contribution in [2.24, 2.45) is 23.5 Å². The molecule has 0 aromatic carbocycles. The standard InChI is InChI=1S/C13H24BrN/c1-9-7-12(15)8-11(14)5-6-13(9)10-3-2-4-10/h9-13H,2-8,15H2,1H3. The van der Waals surface area contributed by atoms with E-state index in [1.54, 1.807) is 0 Å². The summed E-state index contributed by atoms with van der Waals surface area (Å²) in [4.78, 5) is 0.669. The zero-order chi connectivity index (χ0) is 10.8. The summed E-state index contributed by atoms with van der Waals surface area (Å²) in [6, 6.07) is 0.423. The molecule has 0 aliphatic heterocycles. The molecule has 0 heterocycles. The van der Waals surface area contributed by atoms with Gasteiger partial charge in [-0.05, 0) is 43.4 Å². The van der Waals surface area contributed by atoms with Crippen molar-refractivity contribution in [1.82, 2.24) is 0 Å². The molecule has 1 nitrogen and oxygen atoms in total. The molecule has 4 unspecified atom stereocenters. The molecule has 0 aromatic heterocycles. The average molecular weight is 274 g/mol. The predicted molar refractivity (Wildman–Crippen MR) is 69.2 cm³/mol. The van der Waals surface area contributed by atoms with Gasteiger partial charge in [0.05, 0.1) is 0 Å². The van der Waals surface area contributed by atoms with Crippen molar-refractivity contribution < 1.29 is 0 Å². The van der Waals surface area contributed by atoms with Crippen molar-refractivity contribution in [2.75, 3.05) is 0 Å². The van der Waals surface area contributed by atoms with Crippen LogP contribution in [0.4, 0.5) is 0 Å². The van der Waals surface area contributed by atoms with Crippen LogP contribution >= 0.6 is 15.9 Å². The smallest absolute Gasteiger partial charge is 0.0160 e. The van der Waals surface area contributed by atoms with E-state index in [1.807, 2.05) is 0 Å². The third-order valence-electron chi connectivity index (χ3n) is 4.53. The van der Waals surface area contributed by atoms with Crippen molar-refractivity contribution in [2.45, 2.75) is 62.7 Å². The fourth-order valence-corrected chi connectivity index (χ4v) is 4.17. The maximum Gasteiger partial charge on any atom is 0.0160 e. The van der Waals surface area contributed by atoms with Gasteiger partial charge in [-0.1, -0.05) is 42.1 Å². The molecule has 15 heavy (non-hydrogen) atoms. The summed E-state index contributed by atoms with van der Waals surface area (Å²) >= 11 is 3.77. The molecule has 2 heteroatoms. The highest BCUT2D eigenvalue weighted by atomic mass is 79.9. The molecule has 2 aliphatic carbocycles. The Labute approximate surface area is 102 Å². The summed E-state index contributed by atoms with van der Waals surface area (Å²) in [5, 5.41) is 0. The Morgan fingerprint density at radius 1 is 1.07 bits per heavy atom. The van der Waals surface area contributed by atoms with Gasteiger partial charge in [-0.25, -0.2) is 0 Å². The largest absolute Gasteiger partial charge is 0.328 e. The maximum atomic E-state index is 6.18. The quantitative estimate of drug-likeness (QED) is 0.725. The SMILES string of the molecule is CC1CC(N)CC(Br)CCC1C1CCC1. The maximum absolute atomic E-state index is 6.18. The summed E-state index contributed by atoms with van der Waals surface area (Å²) in [7, 11) is 0. The Kier molecular flexibility index (Phi) is 4.11. The van der Waals surface area contributed by atoms with Crippen molar-refractivity contribution in [1.29, 1.82) is 0 Å². The van der Waals surface area contributed by atoms with E-state index in [9.17, 15) is 0 Å². The highest BCUT2D eigenvalue weighted by Gasteiger charge is 2.33. The first-order chi connectivity index (χ1) is 7.16. The van der Waals surface area contributed by atoms with E-state index in [4.69, 9.17) is 5.73 Å². The van der Waals surface area contributed by atoms with Crippen LogP contribution in [0.2, 0.25) is 0 Å². The van der Waals surface area contributed by atoms with Crippen LogP contribution in [0.15, 0.2) is 0 Å². The van der Waals surface area contributed by atoms with Crippen molar-refractivity contribution in [3.05, 3.63) is 0 Å². The second-order valence-corrected chi connectivity index (χ2v) is 7.03. The molecule has 0 aromatic rings. The third kappa shape index (κ3) is 2.97. The minimum atomic E-state index is 0.423. The van der Waals surface area contributed by atoms with E-state index < -0.39 is 0 Å². The van der Waals surface area contributed by atoms with Gasteiger partial charge in [-0.2, -0.15) is 0 Å². The van der Waals surface area contributed by atoms with E-state index in [2.05, 4.69) is 22.9 Å². The van der Waals surface area contributed by atoms with E-state index in [-0.39, 0.29) is 0 Å². The highest BCUT2D eigenvalue weighted by molar-refractivity contribution is 9.09. The Balaban J connectivity index is 1.95. The van der Waals surface area contributed by atoms with Crippen LogP contribution in [0.1, 0.15) is 51.9 Å². The van der Waals surface area contributed by atoms with Crippen LogP contribution in [0.25, 0.3) is 0 Å². The van der Waals surface area contributed by atoms with Crippen LogP contribution in [-0.2, 0) is 0 Å². The van der Waals surface area contributed by atoms with Crippen molar-refractivity contribution in [3.63, 3.8) is 0 Å². The minimum absolute atomic E-state index is 0.423. The molecule has 2 rings (SSSR count). The number of rotatable bonds is 1. The second-order valence-electron chi connectivity index (χ2n) is 5.74. The average Bonchev–Trinajstić information content (AvgIpc) is 2.06. The lowest BCUT2D eigenvalue weighted by atomic mass is 9.67. The lowest BCUT2D eigenvalue weighted by Crippen LogP contribution is -2.35. The van der Waals surface area contributed by atoms with Crippen LogP contribution in [0.5, 0.6) is 0 Å². The zero-order valence-corrected chi connectivity index (χ0v) is 11.4. The Hall–Kier alpha value is 0.440. The van der Waals surface area contributed by atoms with Gasteiger partial charge >= 0.3 is 0 Å². The summed E-state index contributed by atoms with van der Waals surface area (Å²) in [6.07, 6.45) is 9.60. The summed E-state index contributed by atoms with van der Waals surface area (Å²) < 4.78 is 0. The van der Waals surface area contributed by atoms with Gasteiger partial charge in [0.25, 0.3) is 0 Å². The third-order valence-corrected chi connectivity index (χ3v) is 5.36. The first-order valence-electron chi connectivity index (χ1n) is 6.56. The van der Waals surface area contributed by atoms with Crippen molar-refractivity contribution >= 4 is 15.9 Å². The zero-order valence-electron chi connectivity index (χ0n) is 9.79. The number of nitrogens with two attached hydrogens (primary N) is 1. The molecule has 2 fully saturated rings. The summed E-state index contributed by atoms with van der Waals surface area (Å²) in [5.41, 5.74) is 6.18. The molecule has 2 aliphatic rings. The van der Waals surface area contributed by atoms with E-state index >= 15 is 0 Å². The van der Waals surface area contributed by atoms with E-state index in [0.717, 1.165) is 17.8 Å². The van der Waals surface area contributed by atoms with Gasteiger partial charge in [-0.15, -0.1) is 0 Å². The minimum Gasteiger partial charge on any atom is -0.328 e. The monoisotopic (exact) mass is 273 g/mol.